The molecule has 2 aliphatic rings. The van der Waals surface area contributed by atoms with E-state index in [1.165, 1.54) is 20.0 Å². The highest BCUT2D eigenvalue weighted by atomic mass is 16.5. The van der Waals surface area contributed by atoms with Crippen LogP contribution >= 0.6 is 0 Å². The summed E-state index contributed by atoms with van der Waals surface area (Å²) >= 11 is 0. The van der Waals surface area contributed by atoms with Crippen LogP contribution in [0.5, 0.6) is 0 Å². The van der Waals surface area contributed by atoms with Gasteiger partial charge in [-0.3, -0.25) is 9.69 Å². The molecule has 0 radical (unpaired) electrons. The zero-order chi connectivity index (χ0) is 9.97. The molecule has 1 aliphatic carbocycles. The molecule has 1 heterocycles. The summed E-state index contributed by atoms with van der Waals surface area (Å²) in [4.78, 5) is 13.6. The number of hydrogen-bond acceptors (Lipinski definition) is 4. The van der Waals surface area contributed by atoms with Crippen LogP contribution in [0.4, 0.5) is 0 Å². The van der Waals surface area contributed by atoms with Gasteiger partial charge in [0.25, 0.3) is 0 Å². The summed E-state index contributed by atoms with van der Waals surface area (Å²) < 4.78 is 4.67. The van der Waals surface area contributed by atoms with Crippen LogP contribution in [-0.4, -0.2) is 49.7 Å². The molecule has 1 saturated heterocycles. The van der Waals surface area contributed by atoms with Gasteiger partial charge in [-0.25, -0.2) is 0 Å². The van der Waals surface area contributed by atoms with Crippen molar-refractivity contribution in [3.63, 3.8) is 0 Å². The number of ether oxygens (including phenoxy) is 1. The van der Waals surface area contributed by atoms with Crippen molar-refractivity contribution in [1.82, 2.24) is 10.2 Å². The van der Waals surface area contributed by atoms with Crippen molar-refractivity contribution in [1.29, 1.82) is 0 Å². The van der Waals surface area contributed by atoms with Crippen LogP contribution in [-0.2, 0) is 9.53 Å². The van der Waals surface area contributed by atoms with E-state index in [1.54, 1.807) is 0 Å². The van der Waals surface area contributed by atoms with Crippen LogP contribution < -0.4 is 5.32 Å². The van der Waals surface area contributed by atoms with E-state index in [-0.39, 0.29) is 12.0 Å². The Kier molecular flexibility index (Phi) is 3.03. The minimum atomic E-state index is -0.111. The van der Waals surface area contributed by atoms with E-state index in [0.29, 0.717) is 6.42 Å². The van der Waals surface area contributed by atoms with Gasteiger partial charge in [-0.2, -0.15) is 0 Å². The highest BCUT2D eigenvalue weighted by molar-refractivity contribution is 5.69. The van der Waals surface area contributed by atoms with Crippen molar-refractivity contribution >= 4 is 5.97 Å². The van der Waals surface area contributed by atoms with E-state index in [0.717, 1.165) is 25.7 Å². The van der Waals surface area contributed by atoms with Crippen LogP contribution in [0.1, 0.15) is 19.3 Å². The predicted molar refractivity (Wildman–Crippen MR) is 53.0 cm³/mol. The fourth-order valence-corrected chi connectivity index (χ4v) is 2.04. The normalized spacial score (nSPS) is 28.8. The van der Waals surface area contributed by atoms with E-state index in [9.17, 15) is 4.79 Å². The first kappa shape index (κ1) is 9.93. The van der Waals surface area contributed by atoms with Gasteiger partial charge in [-0.05, 0) is 12.8 Å². The largest absolute Gasteiger partial charge is 0.469 e. The second kappa shape index (κ2) is 4.28. The minimum absolute atomic E-state index is 0.111. The van der Waals surface area contributed by atoms with Crippen LogP contribution in [0.15, 0.2) is 0 Å². The maximum absolute atomic E-state index is 11.1. The van der Waals surface area contributed by atoms with Gasteiger partial charge >= 0.3 is 5.97 Å². The fraction of sp³-hybridized carbons (Fsp3) is 0.900. The number of hydrogen-bond donors (Lipinski definition) is 1. The Balaban J connectivity index is 1.78. The van der Waals surface area contributed by atoms with E-state index in [1.807, 2.05) is 0 Å². The lowest BCUT2D eigenvalue weighted by Gasteiger charge is -2.33. The average Bonchev–Trinajstić information content (AvgIpc) is 3.01. The molecule has 0 spiro atoms. The van der Waals surface area contributed by atoms with Gasteiger partial charge in [0.15, 0.2) is 0 Å². The van der Waals surface area contributed by atoms with Gasteiger partial charge in [-0.1, -0.05) is 0 Å². The molecule has 0 bridgehead atoms. The summed E-state index contributed by atoms with van der Waals surface area (Å²) in [7, 11) is 1.45. The molecule has 0 amide bonds. The topological polar surface area (TPSA) is 41.6 Å². The van der Waals surface area contributed by atoms with E-state index < -0.39 is 0 Å². The summed E-state index contributed by atoms with van der Waals surface area (Å²) in [5.74, 6) is -0.111. The molecule has 1 N–H and O–H groups in total. The van der Waals surface area contributed by atoms with Gasteiger partial charge < -0.3 is 10.1 Å². The van der Waals surface area contributed by atoms with Crippen LogP contribution in [0.25, 0.3) is 0 Å². The lowest BCUT2D eigenvalue weighted by atomic mass is 10.1. The Hall–Kier alpha value is -0.610. The maximum Gasteiger partial charge on any atom is 0.307 e. The molecular formula is C10H18N2O2. The Labute approximate surface area is 84.6 Å². The molecule has 14 heavy (non-hydrogen) atoms. The Morgan fingerprint density at radius 1 is 1.57 bits per heavy atom. The van der Waals surface area contributed by atoms with E-state index in [4.69, 9.17) is 0 Å². The third-order valence-electron chi connectivity index (χ3n) is 2.99. The number of carbonyl (C=O) groups is 1. The SMILES string of the molecule is COC(=O)CC1CN(C2CC2)CCN1. The minimum Gasteiger partial charge on any atom is -0.469 e. The molecule has 0 aromatic carbocycles. The lowest BCUT2D eigenvalue weighted by molar-refractivity contribution is -0.141. The second-order valence-corrected chi connectivity index (χ2v) is 4.16. The Morgan fingerprint density at radius 2 is 2.36 bits per heavy atom. The van der Waals surface area contributed by atoms with Crippen molar-refractivity contribution in [3.05, 3.63) is 0 Å². The molecule has 2 rings (SSSR count). The first-order chi connectivity index (χ1) is 6.79. The molecular weight excluding hydrogens is 180 g/mol. The monoisotopic (exact) mass is 198 g/mol. The summed E-state index contributed by atoms with van der Waals surface area (Å²) in [6.07, 6.45) is 3.18. The van der Waals surface area contributed by atoms with Gasteiger partial charge in [0.1, 0.15) is 0 Å². The molecule has 0 aromatic rings. The average molecular weight is 198 g/mol. The van der Waals surface area contributed by atoms with Crippen molar-refractivity contribution in [2.75, 3.05) is 26.7 Å². The summed E-state index contributed by atoms with van der Waals surface area (Å²) in [6, 6.07) is 1.09. The van der Waals surface area contributed by atoms with E-state index in [2.05, 4.69) is 15.0 Å². The Morgan fingerprint density at radius 3 is 3.00 bits per heavy atom. The second-order valence-electron chi connectivity index (χ2n) is 4.16. The molecule has 2 fully saturated rings. The molecule has 0 aromatic heterocycles. The molecule has 1 atom stereocenters. The summed E-state index contributed by atoms with van der Waals surface area (Å²) in [6.45, 7) is 3.13. The van der Waals surface area contributed by atoms with Crippen molar-refractivity contribution in [2.24, 2.45) is 0 Å². The summed E-state index contributed by atoms with van der Waals surface area (Å²) in [5.41, 5.74) is 0. The predicted octanol–water partition coefficient (Wildman–Crippen LogP) is -0.0143. The Bertz CT molecular complexity index is 216. The molecule has 1 saturated carbocycles. The van der Waals surface area contributed by atoms with Crippen molar-refractivity contribution in [2.45, 2.75) is 31.3 Å². The standard InChI is InChI=1S/C10H18N2O2/c1-14-10(13)6-8-7-12(5-4-11-8)9-2-3-9/h8-9,11H,2-7H2,1H3. The number of rotatable bonds is 3. The fourth-order valence-electron chi connectivity index (χ4n) is 2.04. The first-order valence-electron chi connectivity index (χ1n) is 5.34. The highest BCUT2D eigenvalue weighted by Crippen LogP contribution is 2.27. The zero-order valence-electron chi connectivity index (χ0n) is 8.66. The maximum atomic E-state index is 11.1. The molecule has 4 nitrogen and oxygen atoms in total. The number of methoxy groups -OCH3 is 1. The molecule has 1 aliphatic heterocycles. The number of nitrogens with zero attached hydrogens (tertiary/aromatic N) is 1. The van der Waals surface area contributed by atoms with Gasteiger partial charge in [0, 0.05) is 31.7 Å². The van der Waals surface area contributed by atoms with Gasteiger partial charge in [0.2, 0.25) is 0 Å². The number of nitrogens with one attached hydrogen (secondary N) is 1. The van der Waals surface area contributed by atoms with Crippen molar-refractivity contribution in [3.8, 4) is 0 Å². The number of carbonyl (C=O) groups excluding carboxylic acids is 1. The third kappa shape index (κ3) is 2.45. The molecule has 80 valence electrons. The van der Waals surface area contributed by atoms with Crippen LogP contribution in [0, 0.1) is 0 Å². The third-order valence-corrected chi connectivity index (χ3v) is 2.99. The summed E-state index contributed by atoms with van der Waals surface area (Å²) in [5, 5.41) is 3.35. The first-order valence-corrected chi connectivity index (χ1v) is 5.34. The van der Waals surface area contributed by atoms with Crippen LogP contribution in [0.2, 0.25) is 0 Å². The highest BCUT2D eigenvalue weighted by Gasteiger charge is 2.32. The van der Waals surface area contributed by atoms with E-state index >= 15 is 0 Å². The molecule has 4 heteroatoms. The van der Waals surface area contributed by atoms with Gasteiger partial charge in [-0.15, -0.1) is 0 Å². The smallest absolute Gasteiger partial charge is 0.307 e. The van der Waals surface area contributed by atoms with Crippen LogP contribution in [0.3, 0.4) is 0 Å². The number of piperazine rings is 1. The lowest BCUT2D eigenvalue weighted by Crippen LogP contribution is -2.52. The molecule has 1 unspecified atom stereocenters. The van der Waals surface area contributed by atoms with Gasteiger partial charge in [0.05, 0.1) is 13.5 Å². The quantitative estimate of drug-likeness (QED) is 0.647. The zero-order valence-corrected chi connectivity index (χ0v) is 8.66. The van der Waals surface area contributed by atoms with Crippen molar-refractivity contribution < 1.29 is 9.53 Å². The number of esters is 1.